The van der Waals surface area contributed by atoms with Crippen molar-refractivity contribution in [2.24, 2.45) is 0 Å². The molecule has 0 saturated carbocycles. The van der Waals surface area contributed by atoms with E-state index in [0.717, 1.165) is 22.2 Å². The second kappa shape index (κ2) is 8.84. The molecule has 0 bridgehead atoms. The number of carbonyl (C=O) groups is 1. The van der Waals surface area contributed by atoms with E-state index in [1.807, 2.05) is 30.3 Å². The Morgan fingerprint density at radius 1 is 0.966 bits per heavy atom. The van der Waals surface area contributed by atoms with Gasteiger partial charge in [0.25, 0.3) is 5.91 Å². The van der Waals surface area contributed by atoms with Crippen LogP contribution in [0.1, 0.15) is 10.5 Å². The van der Waals surface area contributed by atoms with Gasteiger partial charge in [-0.1, -0.05) is 12.1 Å². The van der Waals surface area contributed by atoms with Crippen LogP contribution in [0.15, 0.2) is 66.9 Å². The first-order valence-corrected chi connectivity index (χ1v) is 9.39. The molecule has 0 aliphatic carbocycles. The van der Waals surface area contributed by atoms with E-state index >= 15 is 0 Å². The van der Waals surface area contributed by atoms with Crippen molar-refractivity contribution in [1.29, 1.82) is 0 Å². The minimum atomic E-state index is -0.303. The highest BCUT2D eigenvalue weighted by Gasteiger charge is 2.11. The number of nitrogens with zero attached hydrogens (tertiary/aromatic N) is 2. The van der Waals surface area contributed by atoms with Crippen LogP contribution in [0.5, 0.6) is 11.5 Å². The van der Waals surface area contributed by atoms with Gasteiger partial charge in [0.2, 0.25) is 0 Å². The summed E-state index contributed by atoms with van der Waals surface area (Å²) in [6, 6.07) is 17.0. The zero-order valence-corrected chi connectivity index (χ0v) is 16.9. The molecule has 1 heterocycles. The third-order valence-corrected chi connectivity index (χ3v) is 4.30. The summed E-state index contributed by atoms with van der Waals surface area (Å²) in [6.07, 6.45) is 1.63. The van der Waals surface area contributed by atoms with E-state index in [1.54, 1.807) is 24.4 Å². The summed E-state index contributed by atoms with van der Waals surface area (Å²) in [7, 11) is 6.23. The summed E-state index contributed by atoms with van der Waals surface area (Å²) in [5.74, 6) is 0.725. The van der Waals surface area contributed by atoms with Crippen LogP contribution < -0.4 is 10.1 Å². The van der Waals surface area contributed by atoms with Crippen LogP contribution in [0.4, 0.5) is 4.39 Å². The number of nitrogens with one attached hydrogen (secondary N) is 1. The molecule has 0 unspecified atom stereocenters. The molecule has 1 aromatic heterocycles. The monoisotopic (exact) mass is 394 g/mol. The lowest BCUT2D eigenvalue weighted by Crippen LogP contribution is -2.42. The maximum Gasteiger partial charge on any atom is 0.270 e. The number of quaternary nitrogens is 1. The van der Waals surface area contributed by atoms with Gasteiger partial charge in [0.05, 0.1) is 34.2 Å². The highest BCUT2D eigenvalue weighted by atomic mass is 19.1. The van der Waals surface area contributed by atoms with Crippen LogP contribution >= 0.6 is 0 Å². The largest absolute Gasteiger partial charge is 0.457 e. The molecule has 0 saturated heterocycles. The zero-order valence-electron chi connectivity index (χ0n) is 16.9. The van der Waals surface area contributed by atoms with E-state index in [9.17, 15) is 9.18 Å². The molecule has 1 N–H and O–H groups in total. The van der Waals surface area contributed by atoms with Gasteiger partial charge in [-0.15, -0.1) is 0 Å². The summed E-state index contributed by atoms with van der Waals surface area (Å²) in [5.41, 5.74) is 2.22. The third-order valence-electron chi connectivity index (χ3n) is 4.30. The molecule has 0 atom stereocenters. The molecule has 2 aromatic carbocycles. The van der Waals surface area contributed by atoms with Crippen molar-refractivity contribution in [3.63, 3.8) is 0 Å². The number of hydrogen-bond acceptors (Lipinski definition) is 3. The van der Waals surface area contributed by atoms with E-state index < -0.39 is 0 Å². The van der Waals surface area contributed by atoms with Crippen molar-refractivity contribution in [2.45, 2.75) is 0 Å². The molecule has 6 heteroatoms. The number of halogens is 1. The molecule has 29 heavy (non-hydrogen) atoms. The molecule has 150 valence electrons. The van der Waals surface area contributed by atoms with Crippen molar-refractivity contribution in [2.75, 3.05) is 34.2 Å². The van der Waals surface area contributed by atoms with E-state index in [-0.39, 0.29) is 11.7 Å². The van der Waals surface area contributed by atoms with Crippen LogP contribution in [0.2, 0.25) is 0 Å². The van der Waals surface area contributed by atoms with Crippen LogP contribution in [0, 0.1) is 5.82 Å². The number of rotatable bonds is 7. The topological polar surface area (TPSA) is 51.2 Å². The van der Waals surface area contributed by atoms with Gasteiger partial charge in [-0.25, -0.2) is 4.39 Å². The highest BCUT2D eigenvalue weighted by Crippen LogP contribution is 2.26. The average Bonchev–Trinajstić information content (AvgIpc) is 2.69. The van der Waals surface area contributed by atoms with E-state index in [1.165, 1.54) is 12.1 Å². The third kappa shape index (κ3) is 6.12. The zero-order chi connectivity index (χ0) is 20.9. The number of benzene rings is 2. The molecule has 0 aliphatic rings. The fourth-order valence-electron chi connectivity index (χ4n) is 2.68. The van der Waals surface area contributed by atoms with E-state index in [4.69, 9.17) is 4.74 Å². The Kier molecular flexibility index (Phi) is 6.24. The molecular weight excluding hydrogens is 369 g/mol. The van der Waals surface area contributed by atoms with E-state index in [2.05, 4.69) is 31.4 Å². The predicted octanol–water partition coefficient (Wildman–Crippen LogP) is 4.12. The standard InChI is InChI=1S/C23H24FN3O2/c1-27(2,3)15-14-26-23(28)22-16-18(12-13-25-22)17-4-8-20(9-5-17)29-21-10-6-19(24)7-11-21/h4-13,16H,14-15H2,1-3H3/p+1. The Morgan fingerprint density at radius 2 is 1.59 bits per heavy atom. The van der Waals surface area contributed by atoms with Gasteiger partial charge in [0.1, 0.15) is 23.0 Å². The quantitative estimate of drug-likeness (QED) is 0.614. The lowest BCUT2D eigenvalue weighted by atomic mass is 10.1. The van der Waals surface area contributed by atoms with Crippen LogP contribution in [-0.4, -0.2) is 49.6 Å². The first kappa shape index (κ1) is 20.5. The van der Waals surface area contributed by atoms with Crippen molar-refractivity contribution < 1.29 is 18.4 Å². The van der Waals surface area contributed by atoms with E-state index in [0.29, 0.717) is 23.7 Å². The Balaban J connectivity index is 1.66. The summed E-state index contributed by atoms with van der Waals surface area (Å²) < 4.78 is 19.5. The summed E-state index contributed by atoms with van der Waals surface area (Å²) >= 11 is 0. The molecule has 3 aromatic rings. The van der Waals surface area contributed by atoms with Crippen LogP contribution in [-0.2, 0) is 0 Å². The van der Waals surface area contributed by atoms with Gasteiger partial charge in [-0.2, -0.15) is 0 Å². The van der Waals surface area contributed by atoms with Gasteiger partial charge in [0, 0.05) is 6.20 Å². The van der Waals surface area contributed by atoms with Crippen molar-refractivity contribution >= 4 is 5.91 Å². The lowest BCUT2D eigenvalue weighted by molar-refractivity contribution is -0.869. The number of likely N-dealkylation sites (N-methyl/N-ethyl adjacent to an activating group) is 1. The molecule has 1 amide bonds. The van der Waals surface area contributed by atoms with Gasteiger partial charge in [-0.3, -0.25) is 9.78 Å². The van der Waals surface area contributed by atoms with Gasteiger partial charge in [0.15, 0.2) is 0 Å². The second-order valence-corrected chi connectivity index (χ2v) is 7.78. The Hall–Kier alpha value is -3.25. The van der Waals surface area contributed by atoms with Gasteiger partial charge >= 0.3 is 0 Å². The maximum atomic E-state index is 13.0. The Bertz CT molecular complexity index is 965. The summed E-state index contributed by atoms with van der Waals surface area (Å²) in [6.45, 7) is 1.42. The molecule has 3 rings (SSSR count). The van der Waals surface area contributed by atoms with Crippen LogP contribution in [0.3, 0.4) is 0 Å². The van der Waals surface area contributed by atoms with Crippen LogP contribution in [0.25, 0.3) is 11.1 Å². The first-order valence-electron chi connectivity index (χ1n) is 9.39. The lowest BCUT2D eigenvalue weighted by Gasteiger charge is -2.23. The summed E-state index contributed by atoms with van der Waals surface area (Å²) in [4.78, 5) is 16.6. The fraction of sp³-hybridized carbons (Fsp3) is 0.217. The number of ether oxygens (including phenoxy) is 1. The normalized spacial score (nSPS) is 11.2. The molecule has 0 aliphatic heterocycles. The van der Waals surface area contributed by atoms with Crippen molar-refractivity contribution in [3.8, 4) is 22.6 Å². The highest BCUT2D eigenvalue weighted by molar-refractivity contribution is 5.93. The molecule has 0 radical (unpaired) electrons. The molecule has 0 fully saturated rings. The first-order chi connectivity index (χ1) is 13.8. The molecule has 5 nitrogen and oxygen atoms in total. The molecular formula is C23H25FN3O2+. The predicted molar refractivity (Wildman–Crippen MR) is 111 cm³/mol. The minimum absolute atomic E-state index is 0.184. The number of amides is 1. The van der Waals surface area contributed by atoms with Gasteiger partial charge < -0.3 is 14.5 Å². The number of aromatic nitrogens is 1. The SMILES string of the molecule is C[N+](C)(C)CCNC(=O)c1cc(-c2ccc(Oc3ccc(F)cc3)cc2)ccn1. The average molecular weight is 394 g/mol. The Morgan fingerprint density at radius 3 is 2.21 bits per heavy atom. The van der Waals surface area contributed by atoms with Crippen molar-refractivity contribution in [3.05, 3.63) is 78.4 Å². The smallest absolute Gasteiger partial charge is 0.270 e. The fourth-order valence-corrected chi connectivity index (χ4v) is 2.68. The number of hydrogen-bond donors (Lipinski definition) is 1. The van der Waals surface area contributed by atoms with Crippen molar-refractivity contribution in [1.82, 2.24) is 10.3 Å². The summed E-state index contributed by atoms with van der Waals surface area (Å²) in [5, 5.41) is 2.91. The number of pyridine rings is 1. The number of carbonyl (C=O) groups excluding carboxylic acids is 1. The van der Waals surface area contributed by atoms with Gasteiger partial charge in [-0.05, 0) is 59.7 Å². The minimum Gasteiger partial charge on any atom is -0.457 e. The Labute approximate surface area is 170 Å². The second-order valence-electron chi connectivity index (χ2n) is 7.78. The maximum absolute atomic E-state index is 13.0. The molecule has 0 spiro atoms.